The zero-order chi connectivity index (χ0) is 17.5. The van der Waals surface area contributed by atoms with Crippen LogP contribution >= 0.6 is 11.8 Å². The van der Waals surface area contributed by atoms with Gasteiger partial charge in [0.25, 0.3) is 0 Å². The van der Waals surface area contributed by atoms with Crippen LogP contribution in [0.3, 0.4) is 0 Å². The van der Waals surface area contributed by atoms with E-state index in [1.165, 1.54) is 18.7 Å². The predicted octanol–water partition coefficient (Wildman–Crippen LogP) is 3.64. The number of carbonyl (C=O) groups is 2. The Morgan fingerprint density at radius 2 is 1.79 bits per heavy atom. The van der Waals surface area contributed by atoms with Crippen molar-refractivity contribution in [3.05, 3.63) is 54.1 Å². The minimum Gasteiger partial charge on any atom is -0.326 e. The van der Waals surface area contributed by atoms with Crippen molar-refractivity contribution in [2.45, 2.75) is 24.0 Å². The van der Waals surface area contributed by atoms with Crippen molar-refractivity contribution in [1.29, 1.82) is 5.26 Å². The maximum absolute atomic E-state index is 12.3. The molecule has 0 aliphatic rings. The lowest BCUT2D eigenvalue weighted by atomic mass is 10.2. The van der Waals surface area contributed by atoms with Crippen molar-refractivity contribution in [2.75, 3.05) is 10.6 Å². The summed E-state index contributed by atoms with van der Waals surface area (Å²) in [5.74, 6) is -0.260. The minimum atomic E-state index is -0.303. The number of thioether (sulfide) groups is 1. The van der Waals surface area contributed by atoms with Crippen LogP contribution in [0.2, 0.25) is 0 Å². The molecule has 122 valence electrons. The number of nitriles is 1. The number of carbonyl (C=O) groups excluding carboxylic acids is 2. The fourth-order valence-corrected chi connectivity index (χ4v) is 2.86. The van der Waals surface area contributed by atoms with Gasteiger partial charge in [-0.1, -0.05) is 6.07 Å². The molecule has 0 saturated heterocycles. The topological polar surface area (TPSA) is 82.0 Å². The molecule has 0 bridgehead atoms. The van der Waals surface area contributed by atoms with Gasteiger partial charge in [-0.05, 0) is 49.4 Å². The van der Waals surface area contributed by atoms with E-state index >= 15 is 0 Å². The van der Waals surface area contributed by atoms with Gasteiger partial charge in [-0.2, -0.15) is 5.26 Å². The molecule has 5 nitrogen and oxygen atoms in total. The van der Waals surface area contributed by atoms with Crippen LogP contribution in [0.25, 0.3) is 0 Å². The number of hydrogen-bond donors (Lipinski definition) is 2. The average molecular weight is 339 g/mol. The second kappa shape index (κ2) is 8.18. The van der Waals surface area contributed by atoms with Crippen LogP contribution in [0.4, 0.5) is 11.4 Å². The fourth-order valence-electron chi connectivity index (χ4n) is 1.99. The van der Waals surface area contributed by atoms with E-state index in [1.807, 2.05) is 25.1 Å². The maximum Gasteiger partial charge on any atom is 0.237 e. The summed E-state index contributed by atoms with van der Waals surface area (Å²) in [6.07, 6.45) is 0. The Morgan fingerprint density at radius 3 is 2.42 bits per heavy atom. The zero-order valence-corrected chi connectivity index (χ0v) is 14.2. The average Bonchev–Trinajstić information content (AvgIpc) is 2.56. The Balaban J connectivity index is 1.95. The van der Waals surface area contributed by atoms with Gasteiger partial charge in [0.05, 0.1) is 16.9 Å². The Kier molecular flexibility index (Phi) is 5.99. The summed E-state index contributed by atoms with van der Waals surface area (Å²) in [7, 11) is 0. The van der Waals surface area contributed by atoms with Crippen molar-refractivity contribution in [2.24, 2.45) is 0 Å². The van der Waals surface area contributed by atoms with Crippen molar-refractivity contribution in [3.8, 4) is 6.07 Å². The van der Waals surface area contributed by atoms with E-state index in [1.54, 1.807) is 36.4 Å². The van der Waals surface area contributed by atoms with Crippen molar-refractivity contribution in [3.63, 3.8) is 0 Å². The van der Waals surface area contributed by atoms with Crippen LogP contribution in [0.5, 0.6) is 0 Å². The molecule has 2 rings (SSSR count). The van der Waals surface area contributed by atoms with Crippen molar-refractivity contribution in [1.82, 2.24) is 0 Å². The highest BCUT2D eigenvalue weighted by Crippen LogP contribution is 2.25. The molecule has 0 unspecified atom stereocenters. The van der Waals surface area contributed by atoms with E-state index < -0.39 is 0 Å². The molecule has 2 aromatic carbocycles. The molecular weight excluding hydrogens is 322 g/mol. The molecule has 0 radical (unpaired) electrons. The summed E-state index contributed by atoms with van der Waals surface area (Å²) in [6.45, 7) is 3.27. The van der Waals surface area contributed by atoms with Gasteiger partial charge in [0.15, 0.2) is 0 Å². The number of anilines is 2. The standard InChI is InChI=1S/C18H17N3O2S/c1-12(18(23)21-16-5-3-4-14(10-16)11-19)24-17-8-6-15(7-9-17)20-13(2)22/h3-10,12H,1-2H3,(H,20,22)(H,21,23)/t12-/m0/s1. The summed E-state index contributed by atoms with van der Waals surface area (Å²) in [6, 6.07) is 16.1. The van der Waals surface area contributed by atoms with Gasteiger partial charge in [0.2, 0.25) is 11.8 Å². The number of amides is 2. The van der Waals surface area contributed by atoms with Gasteiger partial charge < -0.3 is 10.6 Å². The molecule has 6 heteroatoms. The number of nitrogens with zero attached hydrogens (tertiary/aromatic N) is 1. The first-order valence-electron chi connectivity index (χ1n) is 7.33. The number of hydrogen-bond acceptors (Lipinski definition) is 4. The van der Waals surface area contributed by atoms with Crippen molar-refractivity contribution >= 4 is 35.0 Å². The van der Waals surface area contributed by atoms with Gasteiger partial charge in [0.1, 0.15) is 0 Å². The monoisotopic (exact) mass is 339 g/mol. The summed E-state index contributed by atoms with van der Waals surface area (Å²) in [5.41, 5.74) is 1.83. The van der Waals surface area contributed by atoms with Crippen LogP contribution in [-0.2, 0) is 9.59 Å². The molecule has 0 heterocycles. The first-order valence-corrected chi connectivity index (χ1v) is 8.21. The second-order valence-electron chi connectivity index (χ2n) is 5.15. The molecular formula is C18H17N3O2S. The van der Waals surface area contributed by atoms with E-state index in [0.29, 0.717) is 11.3 Å². The third-order valence-corrected chi connectivity index (χ3v) is 4.23. The Bertz CT molecular complexity index is 782. The van der Waals surface area contributed by atoms with Gasteiger partial charge in [-0.25, -0.2) is 0 Å². The highest BCUT2D eigenvalue weighted by Gasteiger charge is 2.14. The van der Waals surface area contributed by atoms with Crippen LogP contribution in [-0.4, -0.2) is 17.1 Å². The molecule has 24 heavy (non-hydrogen) atoms. The van der Waals surface area contributed by atoms with Crippen LogP contribution < -0.4 is 10.6 Å². The lowest BCUT2D eigenvalue weighted by molar-refractivity contribution is -0.115. The summed E-state index contributed by atoms with van der Waals surface area (Å²) in [4.78, 5) is 24.2. The van der Waals surface area contributed by atoms with E-state index in [0.717, 1.165) is 10.6 Å². The summed E-state index contributed by atoms with van der Waals surface area (Å²) >= 11 is 1.42. The molecule has 0 aliphatic carbocycles. The van der Waals surface area contributed by atoms with Gasteiger partial charge in [-0.3, -0.25) is 9.59 Å². The molecule has 2 N–H and O–H groups in total. The highest BCUT2D eigenvalue weighted by molar-refractivity contribution is 8.00. The minimum absolute atomic E-state index is 0.122. The normalized spacial score (nSPS) is 11.2. The Labute approximate surface area is 145 Å². The molecule has 0 aliphatic heterocycles. The molecule has 0 saturated carbocycles. The van der Waals surface area contributed by atoms with Crippen LogP contribution in [0.15, 0.2) is 53.4 Å². The highest BCUT2D eigenvalue weighted by atomic mass is 32.2. The molecule has 1 atom stereocenters. The Morgan fingerprint density at radius 1 is 1.08 bits per heavy atom. The van der Waals surface area contributed by atoms with Gasteiger partial charge >= 0.3 is 0 Å². The lowest BCUT2D eigenvalue weighted by Gasteiger charge is -2.12. The van der Waals surface area contributed by atoms with Gasteiger partial charge in [-0.15, -0.1) is 11.8 Å². The number of rotatable bonds is 5. The number of benzene rings is 2. The van der Waals surface area contributed by atoms with Crippen molar-refractivity contribution < 1.29 is 9.59 Å². The van der Waals surface area contributed by atoms with E-state index in [4.69, 9.17) is 5.26 Å². The third kappa shape index (κ3) is 5.14. The predicted molar refractivity (Wildman–Crippen MR) is 95.9 cm³/mol. The molecule has 2 aromatic rings. The summed E-state index contributed by atoms with van der Waals surface area (Å²) < 4.78 is 0. The first kappa shape index (κ1) is 17.6. The Hall–Kier alpha value is -2.78. The van der Waals surface area contributed by atoms with E-state index in [2.05, 4.69) is 10.6 Å². The quantitative estimate of drug-likeness (QED) is 0.815. The smallest absolute Gasteiger partial charge is 0.237 e. The molecule has 0 fully saturated rings. The third-order valence-electron chi connectivity index (χ3n) is 3.12. The molecule has 0 aromatic heterocycles. The zero-order valence-electron chi connectivity index (χ0n) is 13.4. The molecule has 2 amide bonds. The largest absolute Gasteiger partial charge is 0.326 e. The lowest BCUT2D eigenvalue weighted by Crippen LogP contribution is -2.22. The summed E-state index contributed by atoms with van der Waals surface area (Å²) in [5, 5.41) is 14.1. The second-order valence-corrected chi connectivity index (χ2v) is 6.56. The maximum atomic E-state index is 12.3. The number of nitrogens with one attached hydrogen (secondary N) is 2. The van der Waals surface area contributed by atoms with Gasteiger partial charge in [0, 0.05) is 23.2 Å². The van der Waals surface area contributed by atoms with E-state index in [-0.39, 0.29) is 17.1 Å². The first-order chi connectivity index (χ1) is 11.5. The van der Waals surface area contributed by atoms with Crippen LogP contribution in [0.1, 0.15) is 19.4 Å². The van der Waals surface area contributed by atoms with E-state index in [9.17, 15) is 9.59 Å². The molecule has 0 spiro atoms. The SMILES string of the molecule is CC(=O)Nc1ccc(S[C@@H](C)C(=O)Nc2cccc(C#N)c2)cc1. The van der Waals surface area contributed by atoms with Crippen LogP contribution in [0, 0.1) is 11.3 Å². The fraction of sp³-hybridized carbons (Fsp3) is 0.167.